The van der Waals surface area contributed by atoms with Crippen LogP contribution in [0.1, 0.15) is 96.9 Å². The standard InChI is InChI=1S/C30H34O5/c1-15(2)8-10-18-17(5)14-21(31)24-22(18)27(33)23-19(11-9-16(3)4)29-20(12-13-30(6,7)35-29)26(32)25(23)28(24)34/h8-9,12-14,27,31-33H,10-11H2,1-7H3/t27-/m0/s1. The molecule has 0 unspecified atom stereocenters. The van der Waals surface area contributed by atoms with Crippen LogP contribution in [-0.4, -0.2) is 26.7 Å². The summed E-state index contributed by atoms with van der Waals surface area (Å²) in [6.07, 6.45) is 7.40. The molecule has 0 radical (unpaired) electrons. The highest BCUT2D eigenvalue weighted by Crippen LogP contribution is 2.52. The lowest BCUT2D eigenvalue weighted by Crippen LogP contribution is -2.30. The summed E-state index contributed by atoms with van der Waals surface area (Å²) in [4.78, 5) is 13.9. The zero-order valence-corrected chi connectivity index (χ0v) is 21.5. The van der Waals surface area contributed by atoms with Crippen molar-refractivity contribution in [2.75, 3.05) is 0 Å². The highest BCUT2D eigenvalue weighted by Gasteiger charge is 2.41. The number of phenols is 2. The topological polar surface area (TPSA) is 87.0 Å². The average molecular weight is 475 g/mol. The van der Waals surface area contributed by atoms with Crippen LogP contribution in [0.5, 0.6) is 17.2 Å². The number of aliphatic hydroxyl groups is 1. The number of aliphatic hydroxyl groups excluding tert-OH is 1. The van der Waals surface area contributed by atoms with Gasteiger partial charge in [-0.15, -0.1) is 0 Å². The predicted octanol–water partition coefficient (Wildman–Crippen LogP) is 6.23. The van der Waals surface area contributed by atoms with E-state index in [1.54, 1.807) is 12.1 Å². The Balaban J connectivity index is 2.09. The van der Waals surface area contributed by atoms with Gasteiger partial charge in [-0.05, 0) is 90.7 Å². The molecule has 5 heteroatoms. The monoisotopic (exact) mass is 474 g/mol. The van der Waals surface area contributed by atoms with Crippen molar-refractivity contribution in [3.05, 3.63) is 79.9 Å². The maximum Gasteiger partial charge on any atom is 0.201 e. The molecular weight excluding hydrogens is 440 g/mol. The number of hydrogen-bond donors (Lipinski definition) is 3. The maximum atomic E-state index is 13.9. The van der Waals surface area contributed by atoms with Crippen LogP contribution < -0.4 is 4.74 Å². The van der Waals surface area contributed by atoms with Crippen molar-refractivity contribution in [1.29, 1.82) is 0 Å². The van der Waals surface area contributed by atoms with Crippen molar-refractivity contribution in [2.45, 2.75) is 73.0 Å². The number of ketones is 1. The third kappa shape index (κ3) is 4.19. The molecule has 5 nitrogen and oxygen atoms in total. The molecule has 0 spiro atoms. The molecule has 0 amide bonds. The Bertz CT molecular complexity index is 1330. The number of phenolic OH excluding ortho intramolecular Hbond substituents is 2. The fraction of sp³-hybridized carbons (Fsp3) is 0.367. The number of carbonyl (C=O) groups excluding carboxylic acids is 1. The molecule has 2 aliphatic rings. The molecule has 184 valence electrons. The second-order valence-electron chi connectivity index (χ2n) is 10.6. The molecular formula is C30H34O5. The fourth-order valence-corrected chi connectivity index (χ4v) is 4.95. The number of fused-ring (bicyclic) bond motifs is 3. The number of aromatic hydroxyl groups is 2. The third-order valence-corrected chi connectivity index (χ3v) is 6.73. The molecule has 0 bridgehead atoms. The first-order valence-electron chi connectivity index (χ1n) is 12.0. The van der Waals surface area contributed by atoms with Crippen LogP contribution in [0.15, 0.2) is 35.4 Å². The number of rotatable bonds is 4. The fourth-order valence-electron chi connectivity index (χ4n) is 4.95. The first-order valence-corrected chi connectivity index (χ1v) is 12.0. The first-order chi connectivity index (χ1) is 16.3. The largest absolute Gasteiger partial charge is 0.507 e. The number of carbonyl (C=O) groups is 1. The minimum Gasteiger partial charge on any atom is -0.507 e. The van der Waals surface area contributed by atoms with E-state index in [9.17, 15) is 20.1 Å². The molecule has 35 heavy (non-hydrogen) atoms. The zero-order chi connectivity index (χ0) is 25.8. The second kappa shape index (κ2) is 8.72. The quantitative estimate of drug-likeness (QED) is 0.457. The number of aryl methyl sites for hydroxylation is 1. The van der Waals surface area contributed by atoms with E-state index in [0.717, 1.165) is 22.3 Å². The molecule has 0 saturated carbocycles. The van der Waals surface area contributed by atoms with Crippen molar-refractivity contribution < 1.29 is 24.9 Å². The highest BCUT2D eigenvalue weighted by atomic mass is 16.5. The molecule has 1 aliphatic carbocycles. The number of allylic oxidation sites excluding steroid dienone is 4. The SMILES string of the molecule is CC(C)=CCc1c(C)cc(O)c2c1[C@H](O)c1c(CC=C(C)C)c3c(c(O)c1C2=O)C=CC(C)(C)O3. The van der Waals surface area contributed by atoms with Gasteiger partial charge in [0.1, 0.15) is 29.0 Å². The van der Waals surface area contributed by atoms with E-state index in [1.165, 1.54) is 0 Å². The van der Waals surface area contributed by atoms with Gasteiger partial charge in [-0.1, -0.05) is 23.3 Å². The van der Waals surface area contributed by atoms with E-state index in [2.05, 4.69) is 0 Å². The van der Waals surface area contributed by atoms with Crippen LogP contribution >= 0.6 is 0 Å². The summed E-state index contributed by atoms with van der Waals surface area (Å²) >= 11 is 0. The van der Waals surface area contributed by atoms with Crippen molar-refractivity contribution in [3.8, 4) is 17.2 Å². The van der Waals surface area contributed by atoms with Crippen molar-refractivity contribution in [3.63, 3.8) is 0 Å². The summed E-state index contributed by atoms with van der Waals surface area (Å²) in [6.45, 7) is 13.7. The van der Waals surface area contributed by atoms with Crippen LogP contribution in [0.25, 0.3) is 6.08 Å². The van der Waals surface area contributed by atoms with E-state index in [1.807, 2.05) is 66.7 Å². The van der Waals surface area contributed by atoms with Gasteiger partial charge >= 0.3 is 0 Å². The molecule has 0 aromatic heterocycles. The van der Waals surface area contributed by atoms with Gasteiger partial charge in [-0.2, -0.15) is 0 Å². The Morgan fingerprint density at radius 1 is 1.00 bits per heavy atom. The van der Waals surface area contributed by atoms with Gasteiger partial charge in [-0.25, -0.2) is 0 Å². The van der Waals surface area contributed by atoms with Gasteiger partial charge in [0.15, 0.2) is 0 Å². The summed E-state index contributed by atoms with van der Waals surface area (Å²) < 4.78 is 6.30. The lowest BCUT2D eigenvalue weighted by atomic mass is 9.74. The number of ether oxygens (including phenoxy) is 1. The van der Waals surface area contributed by atoms with Gasteiger partial charge in [0, 0.05) is 16.7 Å². The maximum absolute atomic E-state index is 13.9. The van der Waals surface area contributed by atoms with Gasteiger partial charge in [-0.3, -0.25) is 4.79 Å². The lowest BCUT2D eigenvalue weighted by molar-refractivity contribution is 0.101. The van der Waals surface area contributed by atoms with Gasteiger partial charge in [0.2, 0.25) is 5.78 Å². The summed E-state index contributed by atoms with van der Waals surface area (Å²) in [5.74, 6) is -0.440. The Morgan fingerprint density at radius 2 is 1.57 bits per heavy atom. The van der Waals surface area contributed by atoms with Gasteiger partial charge in [0.05, 0.1) is 16.7 Å². The summed E-state index contributed by atoms with van der Waals surface area (Å²) in [5.41, 5.74) is 5.11. The highest BCUT2D eigenvalue weighted by molar-refractivity contribution is 6.17. The Labute approximate surface area is 207 Å². The molecule has 1 aliphatic heterocycles. The number of hydrogen-bond acceptors (Lipinski definition) is 5. The molecule has 3 N–H and O–H groups in total. The predicted molar refractivity (Wildman–Crippen MR) is 138 cm³/mol. The second-order valence-corrected chi connectivity index (χ2v) is 10.6. The van der Waals surface area contributed by atoms with Crippen LogP contribution in [0.3, 0.4) is 0 Å². The Hall–Kier alpha value is -3.31. The van der Waals surface area contributed by atoms with E-state index >= 15 is 0 Å². The minimum absolute atomic E-state index is 0.0289. The van der Waals surface area contributed by atoms with E-state index in [-0.39, 0.29) is 22.6 Å². The van der Waals surface area contributed by atoms with Crippen LogP contribution in [0.2, 0.25) is 0 Å². The Morgan fingerprint density at radius 3 is 2.17 bits per heavy atom. The zero-order valence-electron chi connectivity index (χ0n) is 21.5. The Kier molecular flexibility index (Phi) is 6.18. The molecule has 1 atom stereocenters. The third-order valence-electron chi connectivity index (χ3n) is 6.73. The van der Waals surface area contributed by atoms with E-state index in [4.69, 9.17) is 4.74 Å². The van der Waals surface area contributed by atoms with Crippen molar-refractivity contribution >= 4 is 11.9 Å². The van der Waals surface area contributed by atoms with Crippen molar-refractivity contribution in [2.24, 2.45) is 0 Å². The van der Waals surface area contributed by atoms with Crippen LogP contribution in [0, 0.1) is 6.92 Å². The smallest absolute Gasteiger partial charge is 0.201 e. The number of benzene rings is 2. The molecule has 1 heterocycles. The van der Waals surface area contributed by atoms with Crippen LogP contribution in [-0.2, 0) is 12.8 Å². The summed E-state index contributed by atoms with van der Waals surface area (Å²) in [5, 5.41) is 33.9. The van der Waals surface area contributed by atoms with Gasteiger partial charge in [0.25, 0.3) is 0 Å². The van der Waals surface area contributed by atoms with Crippen LogP contribution in [0.4, 0.5) is 0 Å². The molecule has 2 aromatic carbocycles. The van der Waals surface area contributed by atoms with Gasteiger partial charge < -0.3 is 20.1 Å². The summed E-state index contributed by atoms with van der Waals surface area (Å²) in [7, 11) is 0. The normalized spacial score (nSPS) is 17.1. The van der Waals surface area contributed by atoms with Crippen molar-refractivity contribution in [1.82, 2.24) is 0 Å². The summed E-state index contributed by atoms with van der Waals surface area (Å²) in [6, 6.07) is 1.56. The van der Waals surface area contributed by atoms with E-state index < -0.39 is 17.5 Å². The molecule has 0 fully saturated rings. The lowest BCUT2D eigenvalue weighted by Gasteiger charge is -2.35. The first kappa shape index (κ1) is 24.8. The van der Waals surface area contributed by atoms with E-state index in [0.29, 0.717) is 40.8 Å². The molecule has 4 rings (SSSR count). The molecule has 2 aromatic rings. The average Bonchev–Trinajstić information content (AvgIpc) is 2.74. The molecule has 0 saturated heterocycles. The minimum atomic E-state index is -1.21.